The first-order chi connectivity index (χ1) is 8.48. The van der Waals surface area contributed by atoms with E-state index in [1.54, 1.807) is 10.9 Å². The Morgan fingerprint density at radius 1 is 1.61 bits per heavy atom. The van der Waals surface area contributed by atoms with Crippen LogP contribution in [0.5, 0.6) is 0 Å². The van der Waals surface area contributed by atoms with E-state index in [4.69, 9.17) is 0 Å². The number of aryl methyl sites for hydroxylation is 1. The van der Waals surface area contributed by atoms with Crippen molar-refractivity contribution in [2.24, 2.45) is 7.05 Å². The topological polar surface area (TPSA) is 76.0 Å². The van der Waals surface area contributed by atoms with Crippen LogP contribution in [0.3, 0.4) is 0 Å². The predicted octanol–water partition coefficient (Wildman–Crippen LogP) is -0.100. The van der Waals surface area contributed by atoms with Crippen molar-refractivity contribution < 1.29 is 8.42 Å². The van der Waals surface area contributed by atoms with Crippen molar-refractivity contribution in [3.05, 3.63) is 17.5 Å². The molecule has 0 bridgehead atoms. The number of sulfonamides is 1. The molecule has 1 saturated heterocycles. The van der Waals surface area contributed by atoms with Gasteiger partial charge in [0.25, 0.3) is 0 Å². The van der Waals surface area contributed by atoms with Gasteiger partial charge in [-0.2, -0.15) is 5.10 Å². The van der Waals surface area contributed by atoms with Crippen molar-refractivity contribution in [2.45, 2.75) is 32.4 Å². The Kier molecular flexibility index (Phi) is 4.04. The average molecular weight is 272 g/mol. The maximum absolute atomic E-state index is 11.9. The van der Waals surface area contributed by atoms with Gasteiger partial charge >= 0.3 is 0 Å². The molecule has 1 aromatic rings. The Balaban J connectivity index is 1.90. The first kappa shape index (κ1) is 13.5. The molecule has 1 aromatic heterocycles. The quantitative estimate of drug-likeness (QED) is 0.785. The Morgan fingerprint density at radius 3 is 2.94 bits per heavy atom. The minimum absolute atomic E-state index is 0.0949. The normalized spacial score (nSPS) is 20.4. The molecular formula is C11H20N4O2S. The summed E-state index contributed by atoms with van der Waals surface area (Å²) in [5, 5.41) is 7.28. The standard InChI is InChI=1S/C11H20N4O2S/c1-9-10(6-13-15(9)2)7-14-18(16,17)8-11-4-3-5-12-11/h6,11-12,14H,3-5,7-8H2,1-2H3. The third-order valence-corrected chi connectivity index (χ3v) is 4.83. The summed E-state index contributed by atoms with van der Waals surface area (Å²) in [4.78, 5) is 0. The Hall–Kier alpha value is -0.920. The summed E-state index contributed by atoms with van der Waals surface area (Å²) >= 11 is 0. The van der Waals surface area contributed by atoms with Crippen LogP contribution in [0.4, 0.5) is 0 Å². The Labute approximate surface area is 108 Å². The fourth-order valence-electron chi connectivity index (χ4n) is 2.13. The highest BCUT2D eigenvalue weighted by Crippen LogP contribution is 2.09. The monoisotopic (exact) mass is 272 g/mol. The van der Waals surface area contributed by atoms with Crippen molar-refractivity contribution in [2.75, 3.05) is 12.3 Å². The first-order valence-electron chi connectivity index (χ1n) is 6.16. The van der Waals surface area contributed by atoms with Crippen LogP contribution in [-0.4, -0.2) is 36.5 Å². The zero-order valence-corrected chi connectivity index (χ0v) is 11.6. The van der Waals surface area contributed by atoms with Crippen LogP contribution in [0.2, 0.25) is 0 Å². The molecule has 0 saturated carbocycles. The number of nitrogens with zero attached hydrogens (tertiary/aromatic N) is 2. The third kappa shape index (κ3) is 3.30. The molecule has 1 fully saturated rings. The molecule has 0 radical (unpaired) electrons. The van der Waals surface area contributed by atoms with Gasteiger partial charge in [0.05, 0.1) is 11.9 Å². The zero-order valence-electron chi connectivity index (χ0n) is 10.8. The molecule has 1 atom stereocenters. The highest BCUT2D eigenvalue weighted by atomic mass is 32.2. The fraction of sp³-hybridized carbons (Fsp3) is 0.727. The van der Waals surface area contributed by atoms with Gasteiger partial charge in [0, 0.05) is 30.9 Å². The van der Waals surface area contributed by atoms with Crippen LogP contribution < -0.4 is 10.0 Å². The van der Waals surface area contributed by atoms with Gasteiger partial charge in [0.15, 0.2) is 0 Å². The second-order valence-corrected chi connectivity index (χ2v) is 6.63. The summed E-state index contributed by atoms with van der Waals surface area (Å²) in [6, 6.07) is 0.0949. The smallest absolute Gasteiger partial charge is 0.213 e. The summed E-state index contributed by atoms with van der Waals surface area (Å²) in [5.41, 5.74) is 1.90. The van der Waals surface area contributed by atoms with Gasteiger partial charge in [-0.25, -0.2) is 13.1 Å². The molecule has 0 aliphatic carbocycles. The van der Waals surface area contributed by atoms with Crippen molar-refractivity contribution in [1.29, 1.82) is 0 Å². The van der Waals surface area contributed by atoms with E-state index in [1.165, 1.54) is 0 Å². The zero-order chi connectivity index (χ0) is 13.2. The lowest BCUT2D eigenvalue weighted by atomic mass is 10.3. The van der Waals surface area contributed by atoms with Crippen LogP contribution >= 0.6 is 0 Å². The summed E-state index contributed by atoms with van der Waals surface area (Å²) in [6.45, 7) is 3.16. The minimum atomic E-state index is -3.22. The summed E-state index contributed by atoms with van der Waals surface area (Å²) in [7, 11) is -1.38. The highest BCUT2D eigenvalue weighted by Gasteiger charge is 2.21. The van der Waals surface area contributed by atoms with Gasteiger partial charge in [-0.15, -0.1) is 0 Å². The maximum Gasteiger partial charge on any atom is 0.213 e. The predicted molar refractivity (Wildman–Crippen MR) is 69.6 cm³/mol. The van der Waals surface area contributed by atoms with E-state index in [1.807, 2.05) is 14.0 Å². The van der Waals surface area contributed by atoms with E-state index in [-0.39, 0.29) is 11.8 Å². The molecule has 0 amide bonds. The van der Waals surface area contributed by atoms with Crippen LogP contribution in [0, 0.1) is 6.92 Å². The van der Waals surface area contributed by atoms with E-state index < -0.39 is 10.0 Å². The molecule has 2 heterocycles. The van der Waals surface area contributed by atoms with Crippen LogP contribution in [0.25, 0.3) is 0 Å². The lowest BCUT2D eigenvalue weighted by Crippen LogP contribution is -2.36. The fourth-order valence-corrected chi connectivity index (χ4v) is 3.44. The van der Waals surface area contributed by atoms with Gasteiger partial charge in [0.2, 0.25) is 10.0 Å². The molecule has 0 aromatic carbocycles. The molecule has 2 N–H and O–H groups in total. The lowest BCUT2D eigenvalue weighted by Gasteiger charge is -2.11. The molecule has 6 nitrogen and oxygen atoms in total. The molecule has 1 unspecified atom stereocenters. The second-order valence-electron chi connectivity index (χ2n) is 4.77. The molecule has 1 aliphatic rings. The first-order valence-corrected chi connectivity index (χ1v) is 7.81. The van der Waals surface area contributed by atoms with Gasteiger partial charge < -0.3 is 5.32 Å². The second kappa shape index (κ2) is 5.38. The number of hydrogen-bond acceptors (Lipinski definition) is 4. The molecule has 2 rings (SSSR count). The Morgan fingerprint density at radius 2 is 2.39 bits per heavy atom. The Bertz CT molecular complexity index is 503. The minimum Gasteiger partial charge on any atom is -0.313 e. The van der Waals surface area contributed by atoms with Crippen molar-refractivity contribution in [1.82, 2.24) is 19.8 Å². The van der Waals surface area contributed by atoms with Crippen LogP contribution in [0.15, 0.2) is 6.20 Å². The van der Waals surface area contributed by atoms with Crippen LogP contribution in [0.1, 0.15) is 24.1 Å². The molecule has 18 heavy (non-hydrogen) atoms. The van der Waals surface area contributed by atoms with Gasteiger partial charge in [-0.3, -0.25) is 4.68 Å². The van der Waals surface area contributed by atoms with E-state index >= 15 is 0 Å². The molecule has 7 heteroatoms. The largest absolute Gasteiger partial charge is 0.313 e. The van der Waals surface area contributed by atoms with E-state index in [2.05, 4.69) is 15.1 Å². The molecule has 1 aliphatic heterocycles. The van der Waals surface area contributed by atoms with Gasteiger partial charge in [0.1, 0.15) is 0 Å². The molecule has 102 valence electrons. The number of hydrogen-bond donors (Lipinski definition) is 2. The maximum atomic E-state index is 11.9. The van der Waals surface area contributed by atoms with E-state index in [0.717, 1.165) is 30.6 Å². The number of rotatable bonds is 5. The van der Waals surface area contributed by atoms with E-state index in [9.17, 15) is 8.42 Å². The molecule has 0 spiro atoms. The lowest BCUT2D eigenvalue weighted by molar-refractivity contribution is 0.563. The average Bonchev–Trinajstić information content (AvgIpc) is 2.89. The highest BCUT2D eigenvalue weighted by molar-refractivity contribution is 7.89. The summed E-state index contributed by atoms with van der Waals surface area (Å²) in [6.07, 6.45) is 3.69. The van der Waals surface area contributed by atoms with Crippen LogP contribution in [-0.2, 0) is 23.6 Å². The molecular weight excluding hydrogens is 252 g/mol. The van der Waals surface area contributed by atoms with Crippen molar-refractivity contribution in [3.63, 3.8) is 0 Å². The van der Waals surface area contributed by atoms with Gasteiger partial charge in [-0.1, -0.05) is 0 Å². The SMILES string of the molecule is Cc1c(CNS(=O)(=O)CC2CCCN2)cnn1C. The summed E-state index contributed by atoms with van der Waals surface area (Å²) < 4.78 is 28.2. The summed E-state index contributed by atoms with van der Waals surface area (Å²) in [5.74, 6) is 0.159. The van der Waals surface area contributed by atoms with Gasteiger partial charge in [-0.05, 0) is 26.3 Å². The van der Waals surface area contributed by atoms with Crippen molar-refractivity contribution >= 4 is 10.0 Å². The number of aromatic nitrogens is 2. The third-order valence-electron chi connectivity index (χ3n) is 3.40. The van der Waals surface area contributed by atoms with E-state index in [0.29, 0.717) is 6.54 Å². The number of nitrogens with one attached hydrogen (secondary N) is 2. The van der Waals surface area contributed by atoms with Crippen molar-refractivity contribution in [3.8, 4) is 0 Å².